The lowest BCUT2D eigenvalue weighted by molar-refractivity contribution is -0.137. The molecule has 0 aliphatic carbocycles. The maximum absolute atomic E-state index is 12.5. The molecule has 3 N–H and O–H groups in total. The van der Waals surface area contributed by atoms with Gasteiger partial charge in [0.2, 0.25) is 5.91 Å². The molecule has 0 saturated heterocycles. The van der Waals surface area contributed by atoms with E-state index in [9.17, 15) is 18.0 Å². The number of halogens is 3. The minimum Gasteiger partial charge on any atom is -0.324 e. The van der Waals surface area contributed by atoms with Crippen molar-refractivity contribution in [3.63, 3.8) is 0 Å². The van der Waals surface area contributed by atoms with Crippen LogP contribution in [-0.4, -0.2) is 11.9 Å². The SMILES string of the molecule is C=CCC(N)C(=O)Nc1ccc(C(F)(F)F)cc1C#N. The molecule has 0 spiro atoms. The molecule has 1 aromatic rings. The number of nitrogens with one attached hydrogen (secondary N) is 1. The van der Waals surface area contributed by atoms with Crippen molar-refractivity contribution in [2.24, 2.45) is 5.73 Å². The van der Waals surface area contributed by atoms with Crippen molar-refractivity contribution >= 4 is 11.6 Å². The Morgan fingerprint density at radius 1 is 1.55 bits per heavy atom. The number of nitrogens with zero attached hydrogens (tertiary/aromatic N) is 1. The van der Waals surface area contributed by atoms with Crippen LogP contribution in [0.1, 0.15) is 17.5 Å². The monoisotopic (exact) mass is 283 g/mol. The second-order valence-electron chi connectivity index (χ2n) is 3.99. The number of carbonyl (C=O) groups is 1. The van der Waals surface area contributed by atoms with Gasteiger partial charge in [0.25, 0.3) is 0 Å². The number of nitrogens with two attached hydrogens (primary N) is 1. The Bertz CT molecular complexity index is 561. The van der Waals surface area contributed by atoms with Gasteiger partial charge in [-0.3, -0.25) is 4.79 Å². The first-order valence-electron chi connectivity index (χ1n) is 5.58. The van der Waals surface area contributed by atoms with E-state index in [1.54, 1.807) is 6.07 Å². The minimum atomic E-state index is -4.55. The maximum atomic E-state index is 12.5. The summed E-state index contributed by atoms with van der Waals surface area (Å²) in [6.07, 6.45) is -2.88. The highest BCUT2D eigenvalue weighted by Gasteiger charge is 2.31. The van der Waals surface area contributed by atoms with E-state index >= 15 is 0 Å². The summed E-state index contributed by atoms with van der Waals surface area (Å²) < 4.78 is 37.5. The van der Waals surface area contributed by atoms with Crippen molar-refractivity contribution in [1.29, 1.82) is 5.26 Å². The number of nitriles is 1. The summed E-state index contributed by atoms with van der Waals surface area (Å²) in [5.41, 5.74) is 4.28. The number of alkyl halides is 3. The normalized spacial score (nSPS) is 12.3. The summed E-state index contributed by atoms with van der Waals surface area (Å²) in [6, 6.07) is 3.22. The highest BCUT2D eigenvalue weighted by atomic mass is 19.4. The van der Waals surface area contributed by atoms with Crippen molar-refractivity contribution in [2.75, 3.05) is 5.32 Å². The molecule has 0 bridgehead atoms. The molecule has 1 atom stereocenters. The van der Waals surface area contributed by atoms with Crippen molar-refractivity contribution < 1.29 is 18.0 Å². The zero-order chi connectivity index (χ0) is 15.3. The fourth-order valence-corrected chi connectivity index (χ4v) is 1.43. The summed E-state index contributed by atoms with van der Waals surface area (Å²) in [6.45, 7) is 3.43. The van der Waals surface area contributed by atoms with Crippen LogP contribution in [0.3, 0.4) is 0 Å². The standard InChI is InChI=1S/C13H12F3N3O/c1-2-3-10(18)12(20)19-11-5-4-9(13(14,15)16)6-8(11)7-17/h2,4-6,10H,1,3,18H2,(H,19,20). The molecule has 0 aromatic heterocycles. The molecule has 0 saturated carbocycles. The van der Waals surface area contributed by atoms with E-state index in [4.69, 9.17) is 11.0 Å². The molecule has 106 valence electrons. The van der Waals surface area contributed by atoms with Crippen LogP contribution in [0.2, 0.25) is 0 Å². The Balaban J connectivity index is 3.00. The molecule has 0 fully saturated rings. The number of carbonyl (C=O) groups excluding carboxylic acids is 1. The molecule has 0 aliphatic rings. The summed E-state index contributed by atoms with van der Waals surface area (Å²) in [5, 5.41) is 11.2. The average molecular weight is 283 g/mol. The molecule has 0 heterocycles. The predicted molar refractivity (Wildman–Crippen MR) is 67.6 cm³/mol. The Morgan fingerprint density at radius 3 is 2.70 bits per heavy atom. The van der Waals surface area contributed by atoms with Crippen molar-refractivity contribution in [3.05, 3.63) is 42.0 Å². The molecule has 0 radical (unpaired) electrons. The first-order chi connectivity index (χ1) is 9.29. The third-order valence-electron chi connectivity index (χ3n) is 2.48. The maximum Gasteiger partial charge on any atom is 0.416 e. The highest BCUT2D eigenvalue weighted by Crippen LogP contribution is 2.31. The third kappa shape index (κ3) is 3.83. The van der Waals surface area contributed by atoms with Gasteiger partial charge in [0.05, 0.1) is 22.9 Å². The van der Waals surface area contributed by atoms with Crippen LogP contribution in [0.25, 0.3) is 0 Å². The van der Waals surface area contributed by atoms with Crippen LogP contribution in [0, 0.1) is 11.3 Å². The summed E-state index contributed by atoms with van der Waals surface area (Å²) >= 11 is 0. The van der Waals surface area contributed by atoms with Crippen LogP contribution < -0.4 is 11.1 Å². The fraction of sp³-hybridized carbons (Fsp3) is 0.231. The molecule has 1 unspecified atom stereocenters. The number of benzene rings is 1. The van der Waals surface area contributed by atoms with E-state index in [2.05, 4.69) is 11.9 Å². The largest absolute Gasteiger partial charge is 0.416 e. The fourth-order valence-electron chi connectivity index (χ4n) is 1.43. The van der Waals surface area contributed by atoms with Crippen molar-refractivity contribution in [3.8, 4) is 6.07 Å². The molecular formula is C13H12F3N3O. The van der Waals surface area contributed by atoms with Gasteiger partial charge in [-0.2, -0.15) is 18.4 Å². The zero-order valence-electron chi connectivity index (χ0n) is 10.4. The highest BCUT2D eigenvalue weighted by molar-refractivity contribution is 5.95. The summed E-state index contributed by atoms with van der Waals surface area (Å²) in [5.74, 6) is -0.596. The van der Waals surface area contributed by atoms with Crippen molar-refractivity contribution in [2.45, 2.75) is 18.6 Å². The topological polar surface area (TPSA) is 78.9 Å². The Kier molecular flexibility index (Phi) is 4.88. The molecule has 7 heteroatoms. The van der Waals surface area contributed by atoms with Gasteiger partial charge >= 0.3 is 6.18 Å². The molecule has 20 heavy (non-hydrogen) atoms. The number of amides is 1. The van der Waals surface area contributed by atoms with E-state index in [-0.39, 0.29) is 17.7 Å². The number of hydrogen-bond donors (Lipinski definition) is 2. The summed E-state index contributed by atoms with van der Waals surface area (Å²) in [4.78, 5) is 11.6. The lowest BCUT2D eigenvalue weighted by Crippen LogP contribution is -2.35. The van der Waals surface area contributed by atoms with Gasteiger partial charge in [0.15, 0.2) is 0 Å². The molecular weight excluding hydrogens is 271 g/mol. The number of anilines is 1. The molecule has 1 amide bonds. The van der Waals surface area contributed by atoms with Gasteiger partial charge in [0, 0.05) is 0 Å². The Hall–Kier alpha value is -2.33. The van der Waals surface area contributed by atoms with E-state index in [1.807, 2.05) is 0 Å². The van der Waals surface area contributed by atoms with Gasteiger partial charge in [-0.05, 0) is 24.6 Å². The quantitative estimate of drug-likeness (QED) is 0.833. The zero-order valence-corrected chi connectivity index (χ0v) is 10.4. The van der Waals surface area contributed by atoms with E-state index in [0.717, 1.165) is 12.1 Å². The molecule has 1 rings (SSSR count). The average Bonchev–Trinajstić information content (AvgIpc) is 2.38. The van der Waals surface area contributed by atoms with E-state index in [0.29, 0.717) is 6.07 Å². The predicted octanol–water partition coefficient (Wildman–Crippen LogP) is 2.42. The number of rotatable bonds is 4. The van der Waals surface area contributed by atoms with Crippen LogP contribution in [0.4, 0.5) is 18.9 Å². The van der Waals surface area contributed by atoms with E-state index < -0.39 is 23.7 Å². The van der Waals surface area contributed by atoms with E-state index in [1.165, 1.54) is 6.08 Å². The lowest BCUT2D eigenvalue weighted by atomic mass is 10.1. The van der Waals surface area contributed by atoms with Gasteiger partial charge in [0.1, 0.15) is 6.07 Å². The second kappa shape index (κ2) is 6.21. The molecule has 4 nitrogen and oxygen atoms in total. The van der Waals surface area contributed by atoms with Crippen LogP contribution in [0.15, 0.2) is 30.9 Å². The first kappa shape index (κ1) is 15.7. The van der Waals surface area contributed by atoms with Crippen LogP contribution in [0.5, 0.6) is 0 Å². The van der Waals surface area contributed by atoms with Crippen molar-refractivity contribution in [1.82, 2.24) is 0 Å². The smallest absolute Gasteiger partial charge is 0.324 e. The number of hydrogen-bond acceptors (Lipinski definition) is 3. The third-order valence-corrected chi connectivity index (χ3v) is 2.48. The minimum absolute atomic E-state index is 0.00925. The van der Waals surface area contributed by atoms with Gasteiger partial charge in [-0.25, -0.2) is 0 Å². The van der Waals surface area contributed by atoms with Crippen LogP contribution in [-0.2, 0) is 11.0 Å². The van der Waals surface area contributed by atoms with Gasteiger partial charge in [-0.1, -0.05) is 6.08 Å². The van der Waals surface area contributed by atoms with Crippen LogP contribution >= 0.6 is 0 Å². The Labute approximate surface area is 113 Å². The Morgan fingerprint density at radius 2 is 2.20 bits per heavy atom. The molecule has 0 aliphatic heterocycles. The molecule has 1 aromatic carbocycles. The summed E-state index contributed by atoms with van der Waals surface area (Å²) in [7, 11) is 0. The van der Waals surface area contributed by atoms with Gasteiger partial charge in [-0.15, -0.1) is 6.58 Å². The first-order valence-corrected chi connectivity index (χ1v) is 5.58. The second-order valence-corrected chi connectivity index (χ2v) is 3.99. The van der Waals surface area contributed by atoms with Gasteiger partial charge < -0.3 is 11.1 Å². The lowest BCUT2D eigenvalue weighted by Gasteiger charge is -2.13.